The maximum absolute atomic E-state index is 12.2. The normalized spacial score (nSPS) is 9.85. The number of nitrogens with one attached hydrogen (secondary N) is 3. The summed E-state index contributed by atoms with van der Waals surface area (Å²) in [6, 6.07) is 12.7. The Kier molecular flexibility index (Phi) is 7.01. The van der Waals surface area contributed by atoms with Gasteiger partial charge in [0, 0.05) is 23.4 Å². The minimum absolute atomic E-state index is 0.114. The third-order valence-corrected chi connectivity index (χ3v) is 3.74. The number of rotatable bonds is 5. The number of hydrogen-bond donors (Lipinski definition) is 3. The number of anilines is 1. The fourth-order valence-corrected chi connectivity index (χ4v) is 2.39. The van der Waals surface area contributed by atoms with Crippen LogP contribution in [0.25, 0.3) is 0 Å². The number of benzene rings is 2. The Labute approximate surface area is 162 Å². The zero-order valence-electron chi connectivity index (χ0n) is 14.9. The average molecular weight is 385 g/mol. The van der Waals surface area contributed by atoms with E-state index in [1.807, 2.05) is 6.92 Å². The van der Waals surface area contributed by atoms with Crippen molar-refractivity contribution in [3.63, 3.8) is 0 Å². The van der Waals surface area contributed by atoms with Crippen molar-refractivity contribution >= 4 is 40.8 Å². The Morgan fingerprint density at radius 2 is 1.41 bits per heavy atom. The SMILES string of the molecule is CCNC(=O)c1ccc(NC(=S)NC(=O)c2ccc(C(=O)OC)cc2)cc1. The lowest BCUT2D eigenvalue weighted by Gasteiger charge is -2.10. The first-order valence-electron chi connectivity index (χ1n) is 8.13. The van der Waals surface area contributed by atoms with Crippen LogP contribution in [0.1, 0.15) is 38.0 Å². The second-order valence-corrected chi connectivity index (χ2v) is 5.82. The van der Waals surface area contributed by atoms with Crippen LogP contribution >= 0.6 is 12.2 Å². The summed E-state index contributed by atoms with van der Waals surface area (Å²) in [5.41, 5.74) is 1.86. The number of hydrogen-bond acceptors (Lipinski definition) is 5. The Bertz CT molecular complexity index is 848. The van der Waals surface area contributed by atoms with Gasteiger partial charge in [-0.15, -0.1) is 0 Å². The van der Waals surface area contributed by atoms with E-state index in [9.17, 15) is 14.4 Å². The van der Waals surface area contributed by atoms with Gasteiger partial charge in [0.2, 0.25) is 0 Å². The van der Waals surface area contributed by atoms with E-state index in [0.29, 0.717) is 28.9 Å². The van der Waals surface area contributed by atoms with Gasteiger partial charge in [0.05, 0.1) is 12.7 Å². The van der Waals surface area contributed by atoms with Gasteiger partial charge in [-0.1, -0.05) is 0 Å². The molecule has 0 bridgehead atoms. The van der Waals surface area contributed by atoms with E-state index in [-0.39, 0.29) is 11.0 Å². The average Bonchev–Trinajstić information content (AvgIpc) is 2.68. The molecule has 27 heavy (non-hydrogen) atoms. The third kappa shape index (κ3) is 5.61. The van der Waals surface area contributed by atoms with Gasteiger partial charge < -0.3 is 15.4 Å². The van der Waals surface area contributed by atoms with Crippen LogP contribution in [0, 0.1) is 0 Å². The van der Waals surface area contributed by atoms with E-state index < -0.39 is 11.9 Å². The van der Waals surface area contributed by atoms with Crippen LogP contribution in [0.4, 0.5) is 5.69 Å². The first kappa shape index (κ1) is 20.1. The number of thiocarbonyl (C=S) groups is 1. The molecule has 2 amide bonds. The highest BCUT2D eigenvalue weighted by Crippen LogP contribution is 2.10. The molecule has 3 N–H and O–H groups in total. The Morgan fingerprint density at radius 1 is 0.889 bits per heavy atom. The summed E-state index contributed by atoms with van der Waals surface area (Å²) in [5.74, 6) is -1.05. The van der Waals surface area contributed by atoms with Crippen molar-refractivity contribution in [1.29, 1.82) is 0 Å². The number of amides is 2. The molecule has 140 valence electrons. The molecule has 0 aliphatic heterocycles. The maximum Gasteiger partial charge on any atom is 0.337 e. The van der Waals surface area contributed by atoms with Gasteiger partial charge in [0.25, 0.3) is 11.8 Å². The van der Waals surface area contributed by atoms with E-state index in [1.165, 1.54) is 31.4 Å². The molecule has 0 fully saturated rings. The Hall–Kier alpha value is -3.26. The molecule has 2 aromatic rings. The molecule has 2 aromatic carbocycles. The van der Waals surface area contributed by atoms with Crippen molar-refractivity contribution in [1.82, 2.24) is 10.6 Å². The molecule has 0 atom stereocenters. The van der Waals surface area contributed by atoms with Gasteiger partial charge in [-0.3, -0.25) is 14.9 Å². The predicted octanol–water partition coefficient (Wildman–Crippen LogP) is 2.35. The molecular weight excluding hydrogens is 366 g/mol. The van der Waals surface area contributed by atoms with Crippen LogP contribution in [0.3, 0.4) is 0 Å². The summed E-state index contributed by atoms with van der Waals surface area (Å²) in [5, 5.41) is 8.25. The van der Waals surface area contributed by atoms with Crippen molar-refractivity contribution in [3.05, 3.63) is 65.2 Å². The lowest BCUT2D eigenvalue weighted by Crippen LogP contribution is -2.34. The summed E-state index contributed by atoms with van der Waals surface area (Å²) in [4.78, 5) is 35.3. The summed E-state index contributed by atoms with van der Waals surface area (Å²) in [6.07, 6.45) is 0. The zero-order valence-corrected chi connectivity index (χ0v) is 15.7. The number of carbonyl (C=O) groups is 3. The number of carbonyl (C=O) groups excluding carboxylic acids is 3. The highest BCUT2D eigenvalue weighted by Gasteiger charge is 2.11. The van der Waals surface area contributed by atoms with E-state index in [0.717, 1.165) is 0 Å². The standard InChI is InChI=1S/C19H19N3O4S/c1-3-20-16(23)12-8-10-15(11-9-12)21-19(27)22-17(24)13-4-6-14(7-5-13)18(25)26-2/h4-11H,3H2,1-2H3,(H,20,23)(H2,21,22,24,27). The molecule has 2 rings (SSSR count). The molecule has 0 saturated heterocycles. The van der Waals surface area contributed by atoms with Crippen LogP contribution in [0.5, 0.6) is 0 Å². The molecule has 0 aliphatic carbocycles. The lowest BCUT2D eigenvalue weighted by molar-refractivity contribution is 0.0600. The predicted molar refractivity (Wildman–Crippen MR) is 106 cm³/mol. The molecule has 0 aliphatic rings. The molecule has 0 aromatic heterocycles. The van der Waals surface area contributed by atoms with E-state index in [4.69, 9.17) is 12.2 Å². The van der Waals surface area contributed by atoms with Gasteiger partial charge >= 0.3 is 5.97 Å². The summed E-state index contributed by atoms with van der Waals surface area (Å²) in [6.45, 7) is 2.40. The highest BCUT2D eigenvalue weighted by molar-refractivity contribution is 7.80. The van der Waals surface area contributed by atoms with Crippen LogP contribution < -0.4 is 16.0 Å². The van der Waals surface area contributed by atoms with E-state index in [1.54, 1.807) is 24.3 Å². The van der Waals surface area contributed by atoms with Gasteiger partial charge in [0.15, 0.2) is 5.11 Å². The number of methoxy groups -OCH3 is 1. The van der Waals surface area contributed by atoms with Crippen LogP contribution in [-0.2, 0) is 4.74 Å². The van der Waals surface area contributed by atoms with E-state index in [2.05, 4.69) is 20.7 Å². The minimum Gasteiger partial charge on any atom is -0.465 e. The molecule has 0 heterocycles. The smallest absolute Gasteiger partial charge is 0.337 e. The number of esters is 1. The molecule has 0 radical (unpaired) electrons. The second-order valence-electron chi connectivity index (χ2n) is 5.41. The van der Waals surface area contributed by atoms with Crippen LogP contribution in [0.2, 0.25) is 0 Å². The summed E-state index contributed by atoms with van der Waals surface area (Å²) >= 11 is 5.13. The molecule has 0 saturated carbocycles. The first-order chi connectivity index (χ1) is 12.9. The maximum atomic E-state index is 12.2. The second kappa shape index (κ2) is 9.44. The molecule has 8 heteroatoms. The van der Waals surface area contributed by atoms with E-state index >= 15 is 0 Å². The Morgan fingerprint density at radius 3 is 1.96 bits per heavy atom. The molecule has 0 spiro atoms. The topological polar surface area (TPSA) is 96.5 Å². The number of ether oxygens (including phenoxy) is 1. The van der Waals surface area contributed by atoms with Crippen molar-refractivity contribution in [3.8, 4) is 0 Å². The lowest BCUT2D eigenvalue weighted by atomic mass is 10.1. The zero-order chi connectivity index (χ0) is 19.8. The fourth-order valence-electron chi connectivity index (χ4n) is 2.18. The first-order valence-corrected chi connectivity index (χ1v) is 8.54. The van der Waals surface area contributed by atoms with Crippen LogP contribution in [0.15, 0.2) is 48.5 Å². The summed E-state index contributed by atoms with van der Waals surface area (Å²) < 4.78 is 4.61. The van der Waals surface area contributed by atoms with Gasteiger partial charge in [-0.25, -0.2) is 4.79 Å². The molecule has 7 nitrogen and oxygen atoms in total. The van der Waals surface area contributed by atoms with Crippen molar-refractivity contribution in [2.24, 2.45) is 0 Å². The monoisotopic (exact) mass is 385 g/mol. The van der Waals surface area contributed by atoms with Gasteiger partial charge in [-0.2, -0.15) is 0 Å². The molecular formula is C19H19N3O4S. The van der Waals surface area contributed by atoms with Gasteiger partial charge in [-0.05, 0) is 67.7 Å². The van der Waals surface area contributed by atoms with Gasteiger partial charge in [0.1, 0.15) is 0 Å². The Balaban J connectivity index is 1.94. The van der Waals surface area contributed by atoms with Crippen molar-refractivity contribution in [2.45, 2.75) is 6.92 Å². The minimum atomic E-state index is -0.477. The largest absolute Gasteiger partial charge is 0.465 e. The van der Waals surface area contributed by atoms with Crippen LogP contribution in [-0.4, -0.2) is 36.6 Å². The summed E-state index contributed by atoms with van der Waals surface area (Å²) in [7, 11) is 1.29. The third-order valence-electron chi connectivity index (χ3n) is 3.54. The quantitative estimate of drug-likeness (QED) is 0.540. The highest BCUT2D eigenvalue weighted by atomic mass is 32.1. The molecule has 0 unspecified atom stereocenters. The fraction of sp³-hybridized carbons (Fsp3) is 0.158. The van der Waals surface area contributed by atoms with Crippen molar-refractivity contribution in [2.75, 3.05) is 19.0 Å². The van der Waals surface area contributed by atoms with Crippen molar-refractivity contribution < 1.29 is 19.1 Å².